The minimum Gasteiger partial charge on any atom is -0.390 e. The highest BCUT2D eigenvalue weighted by atomic mass is 35.5. The Morgan fingerprint density at radius 2 is 2.03 bits per heavy atom. The molecule has 0 spiro atoms. The molecule has 0 saturated carbocycles. The number of halogens is 2. The average molecular weight is 432 g/mol. The second kappa shape index (κ2) is 8.18. The van der Waals surface area contributed by atoms with Crippen LogP contribution in [0.2, 0.25) is 4.34 Å². The number of carbonyl (C=O) groups is 1. The predicted octanol–water partition coefficient (Wildman–Crippen LogP) is 3.82. The van der Waals surface area contributed by atoms with E-state index in [1.165, 1.54) is 17.4 Å². The maximum atomic E-state index is 13.4. The number of aromatic nitrogens is 1. The summed E-state index contributed by atoms with van der Waals surface area (Å²) in [6.07, 6.45) is 1.29. The van der Waals surface area contributed by atoms with Gasteiger partial charge < -0.3 is 15.1 Å². The summed E-state index contributed by atoms with van der Waals surface area (Å²) in [6.45, 7) is 0.318. The van der Waals surface area contributed by atoms with Crippen molar-refractivity contribution in [1.82, 2.24) is 10.3 Å². The second-order valence-electron chi connectivity index (χ2n) is 6.42. The number of H-pyrrole nitrogens is 1. The number of benzene rings is 1. The monoisotopic (exact) mass is 431 g/mol. The number of aromatic amines is 1. The molecule has 4 rings (SSSR count). The molecule has 1 aliphatic rings. The molecule has 3 heterocycles. The minimum absolute atomic E-state index is 0.205. The molecular weight excluding hydrogens is 417 g/mol. The number of carbonyl (C=O) groups excluding carboxylic acids is 1. The zero-order valence-electron chi connectivity index (χ0n) is 14.9. The van der Waals surface area contributed by atoms with E-state index < -0.39 is 5.82 Å². The molecule has 9 heteroatoms. The van der Waals surface area contributed by atoms with Gasteiger partial charge in [0, 0.05) is 18.2 Å². The number of nitrogens with zero attached hydrogens (tertiary/aromatic N) is 1. The predicted molar refractivity (Wildman–Crippen MR) is 110 cm³/mol. The number of pyridine rings is 1. The highest BCUT2D eigenvalue weighted by molar-refractivity contribution is 7.17. The molecule has 1 atom stereocenters. The Morgan fingerprint density at radius 1 is 1.28 bits per heavy atom. The molecule has 0 saturated heterocycles. The van der Waals surface area contributed by atoms with Crippen molar-refractivity contribution in [2.45, 2.75) is 12.5 Å². The minimum atomic E-state index is -0.507. The number of rotatable bonds is 5. The first-order valence-corrected chi connectivity index (χ1v) is 9.94. The van der Waals surface area contributed by atoms with Gasteiger partial charge in [-0.3, -0.25) is 9.59 Å². The Morgan fingerprint density at radius 3 is 2.76 bits per heavy atom. The maximum absolute atomic E-state index is 13.4. The Hall–Kier alpha value is -2.97. The van der Waals surface area contributed by atoms with Crippen LogP contribution in [0.3, 0.4) is 0 Å². The van der Waals surface area contributed by atoms with Crippen LogP contribution in [0.15, 0.2) is 58.6 Å². The summed E-state index contributed by atoms with van der Waals surface area (Å²) in [5.74, 6) is -0.712. The van der Waals surface area contributed by atoms with Gasteiger partial charge in [0.05, 0.1) is 21.5 Å². The summed E-state index contributed by atoms with van der Waals surface area (Å²) in [7, 11) is 0. The molecule has 2 aromatic heterocycles. The van der Waals surface area contributed by atoms with E-state index in [2.05, 4.69) is 15.5 Å². The van der Waals surface area contributed by atoms with E-state index in [1.807, 2.05) is 0 Å². The number of amides is 1. The molecule has 1 aliphatic heterocycles. The average Bonchev–Trinajstić information content (AvgIpc) is 3.37. The summed E-state index contributed by atoms with van der Waals surface area (Å²) >= 11 is 7.06. The fourth-order valence-corrected chi connectivity index (χ4v) is 3.91. The fourth-order valence-electron chi connectivity index (χ4n) is 2.95. The summed E-state index contributed by atoms with van der Waals surface area (Å²) in [6, 6.07) is 11.6. The molecule has 0 bridgehead atoms. The highest BCUT2D eigenvalue weighted by Gasteiger charge is 2.23. The normalized spacial score (nSPS) is 15.7. The number of nitrogens with one attached hydrogen (secondary N) is 2. The molecule has 0 radical (unpaired) electrons. The topological polar surface area (TPSA) is 83.5 Å². The van der Waals surface area contributed by atoms with Crippen molar-refractivity contribution < 1.29 is 14.0 Å². The third-order valence-electron chi connectivity index (χ3n) is 4.42. The van der Waals surface area contributed by atoms with Gasteiger partial charge in [0.15, 0.2) is 0 Å². The quantitative estimate of drug-likeness (QED) is 0.644. The molecule has 1 unspecified atom stereocenters. The van der Waals surface area contributed by atoms with Gasteiger partial charge in [-0.15, -0.1) is 11.3 Å². The standard InChI is InChI=1S/C20H15ClFN3O3S/c21-18-6-5-17(29-18)20(27)24-10-14-8-16(25-28-14)12-3-1-11(2-4-12)15-7-13(22)9-23-19(15)26/h1-7,9,14H,8,10H2,(H,23,26)(H,24,27). The zero-order chi connectivity index (χ0) is 20.4. The Labute approximate surface area is 174 Å². The van der Waals surface area contributed by atoms with Crippen molar-refractivity contribution in [3.8, 4) is 11.1 Å². The lowest BCUT2D eigenvalue weighted by Gasteiger charge is -2.09. The van der Waals surface area contributed by atoms with Crippen molar-refractivity contribution in [2.24, 2.45) is 5.16 Å². The number of oxime groups is 1. The van der Waals surface area contributed by atoms with E-state index in [0.717, 1.165) is 17.5 Å². The Kier molecular flexibility index (Phi) is 5.46. The van der Waals surface area contributed by atoms with E-state index in [-0.39, 0.29) is 23.1 Å². The molecule has 6 nitrogen and oxygen atoms in total. The molecule has 0 fully saturated rings. The third-order valence-corrected chi connectivity index (χ3v) is 5.65. The van der Waals surface area contributed by atoms with Gasteiger partial charge in [-0.1, -0.05) is 41.0 Å². The van der Waals surface area contributed by atoms with E-state index in [9.17, 15) is 14.0 Å². The van der Waals surface area contributed by atoms with Crippen molar-refractivity contribution in [3.05, 3.63) is 79.6 Å². The first kappa shape index (κ1) is 19.4. The molecule has 0 aliphatic carbocycles. The van der Waals surface area contributed by atoms with E-state index in [1.54, 1.807) is 36.4 Å². The number of thiophene rings is 1. The molecular formula is C20H15ClFN3O3S. The van der Waals surface area contributed by atoms with Crippen LogP contribution in [0.5, 0.6) is 0 Å². The van der Waals surface area contributed by atoms with Crippen molar-refractivity contribution in [1.29, 1.82) is 0 Å². The molecule has 148 valence electrons. The largest absolute Gasteiger partial charge is 0.390 e. The van der Waals surface area contributed by atoms with Crippen LogP contribution in [-0.4, -0.2) is 29.3 Å². The molecule has 1 amide bonds. The summed E-state index contributed by atoms with van der Waals surface area (Å²) in [5, 5.41) is 6.90. The summed E-state index contributed by atoms with van der Waals surface area (Å²) in [5.41, 5.74) is 2.08. The van der Waals surface area contributed by atoms with E-state index in [0.29, 0.717) is 27.7 Å². The van der Waals surface area contributed by atoms with Crippen LogP contribution in [-0.2, 0) is 4.84 Å². The van der Waals surface area contributed by atoms with Crippen LogP contribution in [0.4, 0.5) is 4.39 Å². The lowest BCUT2D eigenvalue weighted by molar-refractivity contribution is 0.0755. The number of hydrogen-bond acceptors (Lipinski definition) is 5. The van der Waals surface area contributed by atoms with Gasteiger partial charge >= 0.3 is 0 Å². The first-order chi connectivity index (χ1) is 14.0. The third kappa shape index (κ3) is 4.38. The van der Waals surface area contributed by atoms with Gasteiger partial charge in [-0.05, 0) is 29.3 Å². The first-order valence-electron chi connectivity index (χ1n) is 8.75. The van der Waals surface area contributed by atoms with Crippen molar-refractivity contribution in [2.75, 3.05) is 6.54 Å². The molecule has 2 N–H and O–H groups in total. The van der Waals surface area contributed by atoms with E-state index in [4.69, 9.17) is 16.4 Å². The smallest absolute Gasteiger partial charge is 0.261 e. The van der Waals surface area contributed by atoms with Crippen LogP contribution in [0.25, 0.3) is 11.1 Å². The molecule has 1 aromatic carbocycles. The fraction of sp³-hybridized carbons (Fsp3) is 0.150. The van der Waals surface area contributed by atoms with Gasteiger partial charge in [-0.25, -0.2) is 4.39 Å². The van der Waals surface area contributed by atoms with Gasteiger partial charge in [0.2, 0.25) is 0 Å². The van der Waals surface area contributed by atoms with Crippen molar-refractivity contribution >= 4 is 34.6 Å². The lowest BCUT2D eigenvalue weighted by atomic mass is 10.0. The van der Waals surface area contributed by atoms with Crippen LogP contribution >= 0.6 is 22.9 Å². The summed E-state index contributed by atoms with van der Waals surface area (Å²) < 4.78 is 14.0. The summed E-state index contributed by atoms with van der Waals surface area (Å²) in [4.78, 5) is 32.3. The Balaban J connectivity index is 1.37. The van der Waals surface area contributed by atoms with Crippen molar-refractivity contribution in [3.63, 3.8) is 0 Å². The van der Waals surface area contributed by atoms with Gasteiger partial charge in [-0.2, -0.15) is 0 Å². The molecule has 29 heavy (non-hydrogen) atoms. The van der Waals surface area contributed by atoms with Crippen LogP contribution < -0.4 is 10.9 Å². The lowest BCUT2D eigenvalue weighted by Crippen LogP contribution is -2.31. The second-order valence-corrected chi connectivity index (χ2v) is 8.14. The van der Waals surface area contributed by atoms with Crippen LogP contribution in [0.1, 0.15) is 21.7 Å². The zero-order valence-corrected chi connectivity index (χ0v) is 16.5. The SMILES string of the molecule is O=C(NCC1CC(c2ccc(-c3cc(F)c[nH]c3=O)cc2)=NO1)c1ccc(Cl)s1. The Bertz CT molecular complexity index is 1140. The van der Waals surface area contributed by atoms with Gasteiger partial charge in [0.25, 0.3) is 11.5 Å². The number of hydrogen-bond donors (Lipinski definition) is 2. The van der Waals surface area contributed by atoms with E-state index >= 15 is 0 Å². The van der Waals surface area contributed by atoms with Crippen LogP contribution in [0, 0.1) is 5.82 Å². The maximum Gasteiger partial charge on any atom is 0.261 e. The van der Waals surface area contributed by atoms with Gasteiger partial charge in [0.1, 0.15) is 11.9 Å². The molecule has 3 aromatic rings. The highest BCUT2D eigenvalue weighted by Crippen LogP contribution is 2.22.